The van der Waals surface area contributed by atoms with Crippen molar-refractivity contribution in [3.63, 3.8) is 0 Å². The van der Waals surface area contributed by atoms with E-state index in [-0.39, 0.29) is 6.67 Å². The maximum absolute atomic E-state index is 11.9. The van der Waals surface area contributed by atoms with Crippen LogP contribution in [0.4, 0.5) is 4.39 Å². The van der Waals surface area contributed by atoms with Crippen molar-refractivity contribution in [2.75, 3.05) is 6.67 Å². The van der Waals surface area contributed by atoms with E-state index in [1.807, 2.05) is 18.2 Å². The fraction of sp³-hybridized carbons (Fsp3) is 0.231. The third kappa shape index (κ3) is 1.77. The van der Waals surface area contributed by atoms with Crippen LogP contribution in [0.15, 0.2) is 42.5 Å². The molecule has 0 saturated carbocycles. The summed E-state index contributed by atoms with van der Waals surface area (Å²) in [6.07, 6.45) is 9.61. The van der Waals surface area contributed by atoms with Crippen LogP contribution in [0.5, 0.6) is 0 Å². The number of halogens is 1. The van der Waals surface area contributed by atoms with Crippen LogP contribution in [0.2, 0.25) is 0 Å². The minimum atomic E-state index is -0.373. The smallest absolute Gasteiger partial charge is 0.108 e. The molecule has 0 amide bonds. The van der Waals surface area contributed by atoms with Gasteiger partial charge < -0.3 is 0 Å². The van der Waals surface area contributed by atoms with Gasteiger partial charge in [-0.2, -0.15) is 0 Å². The number of benzene rings is 1. The summed E-state index contributed by atoms with van der Waals surface area (Å²) in [5.74, 6) is 0.383. The van der Waals surface area contributed by atoms with Crippen LogP contribution < -0.4 is 0 Å². The molecule has 0 fully saturated rings. The summed E-state index contributed by atoms with van der Waals surface area (Å²) in [6.45, 7) is -0.373. The highest BCUT2D eigenvalue weighted by molar-refractivity contribution is 5.42. The first-order valence-electron chi connectivity index (χ1n) is 4.81. The molecule has 0 N–H and O–H groups in total. The summed E-state index contributed by atoms with van der Waals surface area (Å²) >= 11 is 0. The second-order valence-corrected chi connectivity index (χ2v) is 3.37. The fourth-order valence-electron chi connectivity index (χ4n) is 1.73. The summed E-state index contributed by atoms with van der Waals surface area (Å²) < 4.78 is 11.9. The third-order valence-electron chi connectivity index (χ3n) is 2.45. The van der Waals surface area contributed by atoms with Gasteiger partial charge >= 0.3 is 0 Å². The zero-order chi connectivity index (χ0) is 9.80. The molecule has 1 aliphatic carbocycles. The molecule has 0 bridgehead atoms. The summed E-state index contributed by atoms with van der Waals surface area (Å²) in [4.78, 5) is 0. The predicted molar refractivity (Wildman–Crippen MR) is 55.8 cm³/mol. The fourth-order valence-corrected chi connectivity index (χ4v) is 1.73. The maximum Gasteiger partial charge on any atom is 0.108 e. The van der Waals surface area contributed by atoms with Gasteiger partial charge in [-0.25, -0.2) is 4.39 Å². The maximum atomic E-state index is 11.9. The van der Waals surface area contributed by atoms with E-state index >= 15 is 0 Å². The first-order chi connectivity index (χ1) is 6.92. The Morgan fingerprint density at radius 3 is 3.00 bits per heavy atom. The normalized spacial score (nSPS) is 19.1. The summed E-state index contributed by atoms with van der Waals surface area (Å²) in [6, 6.07) is 8.22. The molecule has 1 radical (unpaired) electrons. The monoisotopic (exact) mass is 187 g/mol. The van der Waals surface area contributed by atoms with E-state index < -0.39 is 0 Å². The van der Waals surface area contributed by atoms with E-state index in [4.69, 9.17) is 0 Å². The van der Waals surface area contributed by atoms with Crippen molar-refractivity contribution < 1.29 is 4.39 Å². The molecule has 14 heavy (non-hydrogen) atoms. The minimum absolute atomic E-state index is 0.373. The Bertz CT molecular complexity index is 363. The van der Waals surface area contributed by atoms with E-state index in [0.717, 1.165) is 6.42 Å². The molecule has 71 valence electrons. The van der Waals surface area contributed by atoms with Crippen molar-refractivity contribution in [1.82, 2.24) is 0 Å². The van der Waals surface area contributed by atoms with Crippen molar-refractivity contribution >= 4 is 0 Å². The summed E-state index contributed by atoms with van der Waals surface area (Å²) in [7, 11) is 0. The van der Waals surface area contributed by atoms with Gasteiger partial charge in [-0.05, 0) is 23.6 Å². The highest BCUT2D eigenvalue weighted by atomic mass is 19.1. The molecule has 0 saturated heterocycles. The van der Waals surface area contributed by atoms with Gasteiger partial charge in [0.1, 0.15) is 6.67 Å². The topological polar surface area (TPSA) is 0 Å². The van der Waals surface area contributed by atoms with Crippen molar-refractivity contribution in [2.24, 2.45) is 0 Å². The minimum Gasteiger partial charge on any atom is -0.247 e. The quantitative estimate of drug-likeness (QED) is 0.636. The molecule has 1 atom stereocenters. The number of alkyl halides is 1. The largest absolute Gasteiger partial charge is 0.247 e. The average molecular weight is 187 g/mol. The Morgan fingerprint density at radius 2 is 2.14 bits per heavy atom. The average Bonchev–Trinajstić information content (AvgIpc) is 2.63. The van der Waals surface area contributed by atoms with Crippen LogP contribution in [0, 0.1) is 6.08 Å². The van der Waals surface area contributed by atoms with Crippen molar-refractivity contribution in [3.05, 3.63) is 59.7 Å². The van der Waals surface area contributed by atoms with Gasteiger partial charge in [0.15, 0.2) is 0 Å². The van der Waals surface area contributed by atoms with Crippen LogP contribution in [0.1, 0.15) is 23.5 Å². The zero-order valence-electron chi connectivity index (χ0n) is 7.91. The van der Waals surface area contributed by atoms with E-state index in [2.05, 4.69) is 24.3 Å². The molecular formula is C13H12F. The number of rotatable bonds is 3. The van der Waals surface area contributed by atoms with Crippen LogP contribution in [-0.4, -0.2) is 6.67 Å². The Balaban J connectivity index is 2.11. The van der Waals surface area contributed by atoms with Gasteiger partial charge in [-0.15, -0.1) is 0 Å². The number of fused-ring (bicyclic) bond motifs is 1. The van der Waals surface area contributed by atoms with E-state index in [1.54, 1.807) is 6.08 Å². The van der Waals surface area contributed by atoms with Crippen molar-refractivity contribution in [2.45, 2.75) is 12.3 Å². The second kappa shape index (κ2) is 4.23. The second-order valence-electron chi connectivity index (χ2n) is 3.37. The molecule has 0 aromatic heterocycles. The lowest BCUT2D eigenvalue weighted by Crippen LogP contribution is -1.90. The predicted octanol–water partition coefficient (Wildman–Crippen LogP) is 3.41. The Hall–Kier alpha value is -1.37. The van der Waals surface area contributed by atoms with Crippen LogP contribution in [-0.2, 0) is 0 Å². The Kier molecular flexibility index (Phi) is 2.78. The van der Waals surface area contributed by atoms with Crippen LogP contribution in [0.3, 0.4) is 0 Å². The standard InChI is InChI=1S/C13H12F/c14-10-4-3-6-12-9-8-11-5-1-2-7-13(11)12/h1-5,7,9,12H,6,10H2. The van der Waals surface area contributed by atoms with Gasteiger partial charge in [0.25, 0.3) is 0 Å². The van der Waals surface area contributed by atoms with Gasteiger partial charge in [0.2, 0.25) is 0 Å². The zero-order valence-corrected chi connectivity index (χ0v) is 7.91. The van der Waals surface area contributed by atoms with Gasteiger partial charge in [0.05, 0.1) is 0 Å². The lowest BCUT2D eigenvalue weighted by atomic mass is 9.97. The molecule has 0 spiro atoms. The third-order valence-corrected chi connectivity index (χ3v) is 2.45. The molecule has 1 aromatic rings. The van der Waals surface area contributed by atoms with Gasteiger partial charge in [-0.3, -0.25) is 0 Å². The number of allylic oxidation sites excluding steroid dienone is 3. The summed E-state index contributed by atoms with van der Waals surface area (Å²) in [5.41, 5.74) is 2.47. The first kappa shape index (κ1) is 9.20. The van der Waals surface area contributed by atoms with E-state index in [0.29, 0.717) is 5.92 Å². The van der Waals surface area contributed by atoms with Crippen molar-refractivity contribution in [1.29, 1.82) is 0 Å². The Morgan fingerprint density at radius 1 is 1.29 bits per heavy atom. The lowest BCUT2D eigenvalue weighted by Gasteiger charge is -2.06. The molecule has 1 aliphatic rings. The van der Waals surface area contributed by atoms with Gasteiger partial charge in [-0.1, -0.05) is 42.5 Å². The first-order valence-corrected chi connectivity index (χ1v) is 4.81. The van der Waals surface area contributed by atoms with Crippen LogP contribution in [0.25, 0.3) is 0 Å². The highest BCUT2D eigenvalue weighted by Gasteiger charge is 2.14. The molecule has 0 aliphatic heterocycles. The van der Waals surface area contributed by atoms with Crippen LogP contribution >= 0.6 is 0 Å². The molecule has 1 heteroatoms. The van der Waals surface area contributed by atoms with Crippen molar-refractivity contribution in [3.8, 4) is 0 Å². The SMILES string of the molecule is FCC=CCC1C=[C]c2ccccc21. The Labute approximate surface area is 83.8 Å². The molecule has 1 unspecified atom stereocenters. The number of hydrogen-bond donors (Lipinski definition) is 0. The molecule has 0 heterocycles. The van der Waals surface area contributed by atoms with E-state index in [1.165, 1.54) is 11.1 Å². The lowest BCUT2D eigenvalue weighted by molar-refractivity contribution is 0.560. The highest BCUT2D eigenvalue weighted by Crippen LogP contribution is 2.30. The molecule has 2 rings (SSSR count). The molecule has 0 nitrogen and oxygen atoms in total. The molecular weight excluding hydrogens is 175 g/mol. The van der Waals surface area contributed by atoms with E-state index in [9.17, 15) is 4.39 Å². The van der Waals surface area contributed by atoms with Gasteiger partial charge in [0, 0.05) is 5.92 Å². The summed E-state index contributed by atoms with van der Waals surface area (Å²) in [5, 5.41) is 0. The molecule has 1 aromatic carbocycles. The number of hydrogen-bond acceptors (Lipinski definition) is 0.